The molecule has 0 radical (unpaired) electrons. The SMILES string of the molecule is COc1ccc(S(=O)(=O)N(CCc2ccccc2)CC(=O)N[C@@H](C)c2ccc(OC)c(OC)c2)cc1Cl. The highest BCUT2D eigenvalue weighted by atomic mass is 35.5. The number of halogens is 1. The van der Waals surface area contributed by atoms with Crippen molar-refractivity contribution in [1.29, 1.82) is 0 Å². The summed E-state index contributed by atoms with van der Waals surface area (Å²) in [7, 11) is 0.490. The molecule has 10 heteroatoms. The van der Waals surface area contributed by atoms with Gasteiger partial charge < -0.3 is 19.5 Å². The maximum Gasteiger partial charge on any atom is 0.243 e. The Labute approximate surface area is 223 Å². The van der Waals surface area contributed by atoms with E-state index < -0.39 is 22.0 Å². The van der Waals surface area contributed by atoms with Crippen LogP contribution in [-0.4, -0.2) is 53.0 Å². The third kappa shape index (κ3) is 7.15. The van der Waals surface area contributed by atoms with Gasteiger partial charge in [0.1, 0.15) is 5.75 Å². The molecule has 1 atom stereocenters. The van der Waals surface area contributed by atoms with Crippen LogP contribution in [0.4, 0.5) is 0 Å². The quantitative estimate of drug-likeness (QED) is 0.360. The van der Waals surface area contributed by atoms with Gasteiger partial charge in [-0.25, -0.2) is 8.42 Å². The molecule has 0 saturated heterocycles. The average Bonchev–Trinajstić information content (AvgIpc) is 2.90. The lowest BCUT2D eigenvalue weighted by Gasteiger charge is -2.24. The van der Waals surface area contributed by atoms with Gasteiger partial charge in [-0.2, -0.15) is 4.31 Å². The number of ether oxygens (including phenoxy) is 3. The van der Waals surface area contributed by atoms with E-state index in [2.05, 4.69) is 5.32 Å². The van der Waals surface area contributed by atoms with E-state index in [-0.39, 0.29) is 23.0 Å². The van der Waals surface area contributed by atoms with Crippen molar-refractivity contribution in [1.82, 2.24) is 9.62 Å². The van der Waals surface area contributed by atoms with Crippen molar-refractivity contribution < 1.29 is 27.4 Å². The van der Waals surface area contributed by atoms with E-state index in [0.717, 1.165) is 15.4 Å². The molecule has 0 aliphatic rings. The molecule has 0 fully saturated rings. The molecule has 0 aliphatic carbocycles. The first-order valence-corrected chi connectivity index (χ1v) is 13.4. The van der Waals surface area contributed by atoms with Gasteiger partial charge in [0.05, 0.1) is 43.8 Å². The van der Waals surface area contributed by atoms with Gasteiger partial charge in [-0.15, -0.1) is 0 Å². The second kappa shape index (κ2) is 12.8. The molecule has 1 amide bonds. The van der Waals surface area contributed by atoms with Crippen LogP contribution in [0.1, 0.15) is 24.1 Å². The molecular weight excluding hydrogens is 516 g/mol. The fourth-order valence-corrected chi connectivity index (χ4v) is 5.54. The van der Waals surface area contributed by atoms with E-state index in [1.54, 1.807) is 19.2 Å². The highest BCUT2D eigenvalue weighted by Gasteiger charge is 2.28. The Kier molecular flexibility index (Phi) is 9.79. The number of nitrogens with one attached hydrogen (secondary N) is 1. The molecule has 0 unspecified atom stereocenters. The summed E-state index contributed by atoms with van der Waals surface area (Å²) >= 11 is 6.20. The Hall–Kier alpha value is -3.27. The monoisotopic (exact) mass is 546 g/mol. The Morgan fingerprint density at radius 3 is 2.19 bits per heavy atom. The lowest BCUT2D eigenvalue weighted by Crippen LogP contribution is -2.42. The number of methoxy groups -OCH3 is 3. The normalized spacial score (nSPS) is 12.2. The topological polar surface area (TPSA) is 94.2 Å². The zero-order chi connectivity index (χ0) is 27.0. The van der Waals surface area contributed by atoms with Crippen molar-refractivity contribution in [2.24, 2.45) is 0 Å². The first-order valence-electron chi connectivity index (χ1n) is 11.6. The number of amides is 1. The van der Waals surface area contributed by atoms with E-state index >= 15 is 0 Å². The zero-order valence-corrected chi connectivity index (χ0v) is 22.8. The first-order chi connectivity index (χ1) is 17.7. The number of nitrogens with zero attached hydrogens (tertiary/aromatic N) is 1. The van der Waals surface area contributed by atoms with Gasteiger partial charge in [0.25, 0.3) is 0 Å². The predicted molar refractivity (Wildman–Crippen MR) is 143 cm³/mol. The number of rotatable bonds is 12. The third-order valence-electron chi connectivity index (χ3n) is 5.86. The summed E-state index contributed by atoms with van der Waals surface area (Å²) in [6.07, 6.45) is 0.433. The number of hydrogen-bond donors (Lipinski definition) is 1. The molecule has 0 aromatic heterocycles. The summed E-state index contributed by atoms with van der Waals surface area (Å²) in [5.74, 6) is 1.02. The Bertz CT molecular complexity index is 1320. The number of sulfonamides is 1. The molecule has 0 heterocycles. The minimum Gasteiger partial charge on any atom is -0.495 e. The molecule has 198 valence electrons. The summed E-state index contributed by atoms with van der Waals surface area (Å²) in [6, 6.07) is 18.6. The Morgan fingerprint density at radius 2 is 1.57 bits per heavy atom. The van der Waals surface area contributed by atoms with Gasteiger partial charge in [-0.05, 0) is 54.8 Å². The van der Waals surface area contributed by atoms with Crippen molar-refractivity contribution in [3.8, 4) is 17.2 Å². The maximum atomic E-state index is 13.6. The molecule has 3 aromatic rings. The van der Waals surface area contributed by atoms with Crippen LogP contribution in [0.3, 0.4) is 0 Å². The second-order valence-electron chi connectivity index (χ2n) is 8.27. The Balaban J connectivity index is 1.82. The van der Waals surface area contributed by atoms with Crippen LogP contribution in [0.5, 0.6) is 17.2 Å². The van der Waals surface area contributed by atoms with Crippen LogP contribution >= 0.6 is 11.6 Å². The van der Waals surface area contributed by atoms with Gasteiger partial charge >= 0.3 is 0 Å². The van der Waals surface area contributed by atoms with Crippen LogP contribution in [0, 0.1) is 0 Å². The standard InChI is InChI=1S/C27H31ClN2O6S/c1-19(21-10-12-25(35-3)26(16-21)36-4)29-27(31)18-30(15-14-20-8-6-5-7-9-20)37(32,33)22-11-13-24(34-2)23(28)17-22/h5-13,16-17,19H,14-15,18H2,1-4H3,(H,29,31)/t19-/m0/s1. The van der Waals surface area contributed by atoms with Gasteiger partial charge in [-0.1, -0.05) is 48.0 Å². The lowest BCUT2D eigenvalue weighted by atomic mass is 10.1. The molecule has 3 rings (SSSR count). The van der Waals surface area contributed by atoms with E-state index in [0.29, 0.717) is 23.7 Å². The van der Waals surface area contributed by atoms with E-state index in [4.69, 9.17) is 25.8 Å². The minimum atomic E-state index is -4.04. The second-order valence-corrected chi connectivity index (χ2v) is 10.6. The molecule has 8 nitrogen and oxygen atoms in total. The number of hydrogen-bond acceptors (Lipinski definition) is 6. The van der Waals surface area contributed by atoms with Crippen LogP contribution < -0.4 is 19.5 Å². The van der Waals surface area contributed by atoms with E-state index in [9.17, 15) is 13.2 Å². The highest BCUT2D eigenvalue weighted by molar-refractivity contribution is 7.89. The molecular formula is C27H31ClN2O6S. The Morgan fingerprint density at radius 1 is 0.919 bits per heavy atom. The molecule has 37 heavy (non-hydrogen) atoms. The predicted octanol–water partition coefficient (Wildman–Crippen LogP) is 4.48. The average molecular weight is 547 g/mol. The van der Waals surface area contributed by atoms with Crippen molar-refractivity contribution in [3.63, 3.8) is 0 Å². The summed E-state index contributed by atoms with van der Waals surface area (Å²) in [5.41, 5.74) is 1.74. The van der Waals surface area contributed by atoms with Gasteiger partial charge in [0.15, 0.2) is 11.5 Å². The van der Waals surface area contributed by atoms with E-state index in [1.165, 1.54) is 32.4 Å². The lowest BCUT2D eigenvalue weighted by molar-refractivity contribution is -0.121. The van der Waals surface area contributed by atoms with Crippen LogP contribution in [0.2, 0.25) is 5.02 Å². The molecule has 0 spiro atoms. The van der Waals surface area contributed by atoms with Crippen molar-refractivity contribution in [3.05, 3.63) is 82.9 Å². The third-order valence-corrected chi connectivity index (χ3v) is 8.00. The minimum absolute atomic E-state index is 0.0212. The first kappa shape index (κ1) is 28.3. The molecule has 3 aromatic carbocycles. The molecule has 1 N–H and O–H groups in total. The smallest absolute Gasteiger partial charge is 0.243 e. The molecule has 0 saturated carbocycles. The van der Waals surface area contributed by atoms with Gasteiger partial charge in [0.2, 0.25) is 15.9 Å². The van der Waals surface area contributed by atoms with Gasteiger partial charge in [0, 0.05) is 6.54 Å². The number of carbonyl (C=O) groups is 1. The van der Waals surface area contributed by atoms with E-state index in [1.807, 2.05) is 43.3 Å². The maximum absolute atomic E-state index is 13.6. The van der Waals surface area contributed by atoms with Crippen molar-refractivity contribution in [2.75, 3.05) is 34.4 Å². The highest BCUT2D eigenvalue weighted by Crippen LogP contribution is 2.30. The van der Waals surface area contributed by atoms with Crippen molar-refractivity contribution in [2.45, 2.75) is 24.3 Å². The summed E-state index contributed by atoms with van der Waals surface area (Å²) < 4.78 is 44.0. The zero-order valence-electron chi connectivity index (χ0n) is 21.2. The molecule has 0 bridgehead atoms. The number of benzene rings is 3. The summed E-state index contributed by atoms with van der Waals surface area (Å²) in [6.45, 7) is 1.55. The summed E-state index contributed by atoms with van der Waals surface area (Å²) in [4.78, 5) is 13.0. The fraction of sp³-hybridized carbons (Fsp3) is 0.296. The largest absolute Gasteiger partial charge is 0.495 e. The van der Waals surface area contributed by atoms with Crippen LogP contribution in [-0.2, 0) is 21.2 Å². The van der Waals surface area contributed by atoms with Gasteiger partial charge in [-0.3, -0.25) is 4.79 Å². The fourth-order valence-electron chi connectivity index (χ4n) is 3.79. The van der Waals surface area contributed by atoms with Crippen LogP contribution in [0.15, 0.2) is 71.6 Å². The summed E-state index contributed by atoms with van der Waals surface area (Å²) in [5, 5.41) is 3.04. The number of carbonyl (C=O) groups excluding carboxylic acids is 1. The van der Waals surface area contributed by atoms with Crippen molar-refractivity contribution >= 4 is 27.5 Å². The molecule has 0 aliphatic heterocycles. The van der Waals surface area contributed by atoms with Crippen LogP contribution in [0.25, 0.3) is 0 Å².